The first-order valence-corrected chi connectivity index (χ1v) is 14.3. The highest BCUT2D eigenvalue weighted by Crippen LogP contribution is 2.42. The van der Waals surface area contributed by atoms with Crippen LogP contribution in [0.5, 0.6) is 0 Å². The first kappa shape index (κ1) is 28.9. The molecule has 6 rings (SSSR count). The van der Waals surface area contributed by atoms with Gasteiger partial charge >= 0.3 is 0 Å². The van der Waals surface area contributed by atoms with Crippen LogP contribution in [0.1, 0.15) is 38.8 Å². The predicted molar refractivity (Wildman–Crippen MR) is 147 cm³/mol. The monoisotopic (exact) mass is 568 g/mol. The summed E-state index contributed by atoms with van der Waals surface area (Å²) in [5.41, 5.74) is 2.18. The van der Waals surface area contributed by atoms with Crippen LogP contribution < -0.4 is 0 Å². The molecule has 3 saturated heterocycles. The molecule has 222 valence electrons. The van der Waals surface area contributed by atoms with E-state index in [0.717, 1.165) is 11.1 Å². The molecule has 0 aromatic heterocycles. The van der Waals surface area contributed by atoms with Crippen molar-refractivity contribution < 1.29 is 42.6 Å². The smallest absolute Gasteiger partial charge is 0.190 e. The summed E-state index contributed by atoms with van der Waals surface area (Å²) in [5, 5.41) is 0. The van der Waals surface area contributed by atoms with Crippen molar-refractivity contribution in [2.45, 2.75) is 102 Å². The van der Waals surface area contributed by atoms with Crippen LogP contribution in [0.3, 0.4) is 0 Å². The fourth-order valence-corrected chi connectivity index (χ4v) is 5.62. The average molecular weight is 569 g/mol. The van der Waals surface area contributed by atoms with E-state index in [0.29, 0.717) is 26.4 Å². The lowest BCUT2D eigenvalue weighted by atomic mass is 10.1. The Labute approximate surface area is 241 Å². The second kappa shape index (κ2) is 12.2. The zero-order valence-corrected chi connectivity index (χ0v) is 24.0. The van der Waals surface area contributed by atoms with Crippen molar-refractivity contribution in [3.63, 3.8) is 0 Å². The van der Waals surface area contributed by atoms with Gasteiger partial charge in [-0.1, -0.05) is 66.7 Å². The Kier molecular flexibility index (Phi) is 8.61. The van der Waals surface area contributed by atoms with Crippen molar-refractivity contribution in [3.8, 4) is 0 Å². The minimum absolute atomic E-state index is 0.313. The van der Waals surface area contributed by atoms with Crippen molar-refractivity contribution in [2.24, 2.45) is 0 Å². The van der Waals surface area contributed by atoms with E-state index in [4.69, 9.17) is 42.6 Å². The van der Waals surface area contributed by atoms with Crippen LogP contribution in [0.4, 0.5) is 0 Å². The van der Waals surface area contributed by atoms with Gasteiger partial charge in [-0.3, -0.25) is 0 Å². The summed E-state index contributed by atoms with van der Waals surface area (Å²) in [6.07, 6.45) is 0.166. The Morgan fingerprint density at radius 3 is 2.15 bits per heavy atom. The van der Waals surface area contributed by atoms with Gasteiger partial charge in [0.25, 0.3) is 0 Å². The molecular weight excluding hydrogens is 528 g/mol. The van der Waals surface area contributed by atoms with Crippen molar-refractivity contribution in [3.05, 3.63) is 83.9 Å². The molecule has 0 amide bonds. The molecule has 0 radical (unpaired) electrons. The van der Waals surface area contributed by atoms with Gasteiger partial charge in [0, 0.05) is 0 Å². The maximum Gasteiger partial charge on any atom is 0.190 e. The summed E-state index contributed by atoms with van der Waals surface area (Å²) < 4.78 is 55.9. The van der Waals surface area contributed by atoms with Crippen LogP contribution in [0.15, 0.2) is 72.8 Å². The Hall–Kier alpha value is -2.18. The van der Waals surface area contributed by atoms with Crippen molar-refractivity contribution in [2.75, 3.05) is 13.2 Å². The minimum atomic E-state index is -0.790. The average Bonchev–Trinajstić information content (AvgIpc) is 3.58. The number of benzene rings is 2. The second-order valence-electron chi connectivity index (χ2n) is 11.7. The zero-order valence-electron chi connectivity index (χ0n) is 24.0. The predicted octanol–water partition coefficient (Wildman–Crippen LogP) is 4.48. The zero-order chi connectivity index (χ0) is 28.5. The molecule has 9 heteroatoms. The van der Waals surface area contributed by atoms with Crippen molar-refractivity contribution in [1.29, 1.82) is 0 Å². The number of fused-ring (bicyclic) bond motifs is 1. The number of hydrogen-bond donors (Lipinski definition) is 0. The van der Waals surface area contributed by atoms with E-state index in [1.807, 2.05) is 101 Å². The number of hydrogen-bond acceptors (Lipinski definition) is 9. The first-order valence-electron chi connectivity index (χ1n) is 14.3. The molecule has 0 bridgehead atoms. The molecule has 9 nitrogen and oxygen atoms in total. The van der Waals surface area contributed by atoms with Gasteiger partial charge in [-0.2, -0.15) is 0 Å². The van der Waals surface area contributed by atoms with Crippen LogP contribution >= 0.6 is 0 Å². The maximum absolute atomic E-state index is 6.57. The molecule has 0 saturated carbocycles. The second-order valence-corrected chi connectivity index (χ2v) is 11.7. The molecule has 4 aliphatic rings. The highest BCUT2D eigenvalue weighted by molar-refractivity contribution is 5.15. The highest BCUT2D eigenvalue weighted by atomic mass is 16.9. The Bertz CT molecular complexity index is 1150. The van der Waals surface area contributed by atoms with Gasteiger partial charge in [0.15, 0.2) is 24.2 Å². The summed E-state index contributed by atoms with van der Waals surface area (Å²) in [5.74, 6) is -1.50. The fourth-order valence-electron chi connectivity index (χ4n) is 5.62. The van der Waals surface area contributed by atoms with Crippen LogP contribution in [0.2, 0.25) is 0 Å². The van der Waals surface area contributed by atoms with Crippen LogP contribution in [-0.2, 0) is 55.8 Å². The first-order chi connectivity index (χ1) is 19.7. The molecule has 3 fully saturated rings. The summed E-state index contributed by atoms with van der Waals surface area (Å²) in [6, 6.07) is 20.1. The van der Waals surface area contributed by atoms with Gasteiger partial charge in [-0.25, -0.2) is 0 Å². The van der Waals surface area contributed by atoms with Gasteiger partial charge in [-0.05, 0) is 44.9 Å². The van der Waals surface area contributed by atoms with E-state index in [2.05, 4.69) is 0 Å². The van der Waals surface area contributed by atoms with Crippen molar-refractivity contribution in [1.82, 2.24) is 0 Å². The Morgan fingerprint density at radius 1 is 0.756 bits per heavy atom. The molecule has 4 heterocycles. The standard InChI is InChI=1S/C32H40O9/c1-31(2)35-20-25(39-31)27-28(29-30(38-27)41-32(3,4)40-29)37-26-16-15-23(34-18-22-13-9-6-10-14-22)24(36-26)19-33-17-21-11-7-5-8-12-21/h5-16,23-30H,17-20H2,1-4H3/t23-,24-,25-,26+,27-,28+,29-,30+/m1/s1. The normalized spacial score (nSPS) is 35.5. The molecule has 0 spiro atoms. The van der Waals surface area contributed by atoms with E-state index in [1.54, 1.807) is 0 Å². The molecule has 4 aliphatic heterocycles. The van der Waals surface area contributed by atoms with Crippen LogP contribution in [-0.4, -0.2) is 74.0 Å². The molecule has 2 aromatic rings. The summed E-state index contributed by atoms with van der Waals surface area (Å²) in [6.45, 7) is 9.14. The Morgan fingerprint density at radius 2 is 1.46 bits per heavy atom. The summed E-state index contributed by atoms with van der Waals surface area (Å²) in [4.78, 5) is 0. The van der Waals surface area contributed by atoms with Gasteiger partial charge in [0.2, 0.25) is 0 Å². The van der Waals surface area contributed by atoms with E-state index < -0.39 is 48.6 Å². The van der Waals surface area contributed by atoms with E-state index in [9.17, 15) is 0 Å². The lowest BCUT2D eigenvalue weighted by Crippen LogP contribution is -2.48. The van der Waals surface area contributed by atoms with Gasteiger partial charge in [0.1, 0.15) is 36.6 Å². The molecule has 2 aromatic carbocycles. The summed E-state index contributed by atoms with van der Waals surface area (Å²) in [7, 11) is 0. The molecule has 8 atom stereocenters. The van der Waals surface area contributed by atoms with E-state index >= 15 is 0 Å². The maximum atomic E-state index is 6.57. The topological polar surface area (TPSA) is 83.1 Å². The van der Waals surface area contributed by atoms with Gasteiger partial charge in [0.05, 0.1) is 26.4 Å². The largest absolute Gasteiger partial charge is 0.374 e. The summed E-state index contributed by atoms with van der Waals surface area (Å²) >= 11 is 0. The molecule has 0 N–H and O–H groups in total. The third-order valence-electron chi connectivity index (χ3n) is 7.53. The lowest BCUT2D eigenvalue weighted by Gasteiger charge is -2.35. The van der Waals surface area contributed by atoms with E-state index in [1.165, 1.54) is 0 Å². The van der Waals surface area contributed by atoms with Crippen molar-refractivity contribution >= 4 is 0 Å². The number of rotatable bonds is 10. The molecular formula is C32H40O9. The molecule has 41 heavy (non-hydrogen) atoms. The van der Waals surface area contributed by atoms with Gasteiger partial charge < -0.3 is 42.6 Å². The van der Waals surface area contributed by atoms with Crippen LogP contribution in [0.25, 0.3) is 0 Å². The SMILES string of the molecule is CC1(C)O[C@@H]2O[C@H]([C@H]3COC(C)(C)O3)[C@H](O[C@H]3C=C[C@@H](OCc4ccccc4)[C@@H](COCc4ccccc4)O3)[C@H]2O1. The van der Waals surface area contributed by atoms with E-state index in [-0.39, 0.29) is 12.2 Å². The fraction of sp³-hybridized carbons (Fsp3) is 0.562. The Balaban J connectivity index is 1.15. The van der Waals surface area contributed by atoms with Gasteiger partial charge in [-0.15, -0.1) is 0 Å². The third kappa shape index (κ3) is 7.07. The minimum Gasteiger partial charge on any atom is -0.374 e. The molecule has 0 aliphatic carbocycles. The highest BCUT2D eigenvalue weighted by Gasteiger charge is 2.59. The van der Waals surface area contributed by atoms with Crippen LogP contribution in [0, 0.1) is 0 Å². The third-order valence-corrected chi connectivity index (χ3v) is 7.53. The quantitative estimate of drug-likeness (QED) is 0.385. The number of ether oxygens (including phenoxy) is 9. The lowest BCUT2D eigenvalue weighted by molar-refractivity contribution is -0.261. The molecule has 0 unspecified atom stereocenters.